The molecule has 0 amide bonds. The van der Waals surface area contributed by atoms with E-state index in [1.165, 1.54) is 34.6 Å². The van der Waals surface area contributed by atoms with E-state index in [1.54, 1.807) is 0 Å². The Hall–Kier alpha value is -0.470. The first-order valence-electron chi connectivity index (χ1n) is 5.78. The Morgan fingerprint density at radius 3 is 3.13 bits per heavy atom. The summed E-state index contributed by atoms with van der Waals surface area (Å²) in [6.45, 7) is 5.53. The van der Waals surface area contributed by atoms with Gasteiger partial charge in [0.15, 0.2) is 0 Å². The molecule has 82 valence electrons. The van der Waals surface area contributed by atoms with Crippen LogP contribution in [0.4, 0.5) is 0 Å². The fourth-order valence-corrected chi connectivity index (χ4v) is 3.15. The molecule has 2 rings (SSSR count). The molecule has 1 nitrogen and oxygen atoms in total. The van der Waals surface area contributed by atoms with E-state index < -0.39 is 0 Å². The van der Waals surface area contributed by atoms with Gasteiger partial charge in [-0.15, -0.1) is 11.8 Å². The zero-order chi connectivity index (χ0) is 10.7. The van der Waals surface area contributed by atoms with Gasteiger partial charge in [-0.05, 0) is 43.7 Å². The topological polar surface area (TPSA) is 12.0 Å². The minimum atomic E-state index is 0.584. The maximum absolute atomic E-state index is 3.64. The van der Waals surface area contributed by atoms with Crippen molar-refractivity contribution in [1.82, 2.24) is 5.32 Å². The molecule has 1 N–H and O–H groups in total. The zero-order valence-electron chi connectivity index (χ0n) is 9.55. The van der Waals surface area contributed by atoms with E-state index in [2.05, 4.69) is 37.4 Å². The van der Waals surface area contributed by atoms with Crippen LogP contribution >= 0.6 is 11.8 Å². The van der Waals surface area contributed by atoms with E-state index >= 15 is 0 Å². The molecule has 0 bridgehead atoms. The van der Waals surface area contributed by atoms with E-state index in [-0.39, 0.29) is 0 Å². The monoisotopic (exact) mass is 221 g/mol. The first-order chi connectivity index (χ1) is 7.31. The van der Waals surface area contributed by atoms with Crippen molar-refractivity contribution in [3.63, 3.8) is 0 Å². The van der Waals surface area contributed by atoms with Crippen LogP contribution in [-0.2, 0) is 0 Å². The molecule has 0 radical (unpaired) electrons. The number of fused-ring (bicyclic) bond motifs is 1. The van der Waals surface area contributed by atoms with Crippen LogP contribution < -0.4 is 5.32 Å². The third-order valence-corrected chi connectivity index (χ3v) is 3.97. The number of hydrogen-bond acceptors (Lipinski definition) is 2. The lowest BCUT2D eigenvalue weighted by atomic mass is 10.0. The van der Waals surface area contributed by atoms with Crippen LogP contribution in [-0.4, -0.2) is 12.3 Å². The van der Waals surface area contributed by atoms with Gasteiger partial charge < -0.3 is 5.32 Å². The predicted molar refractivity (Wildman–Crippen MR) is 67.6 cm³/mol. The quantitative estimate of drug-likeness (QED) is 0.838. The Morgan fingerprint density at radius 2 is 2.33 bits per heavy atom. The normalized spacial score (nSPS) is 20.0. The molecule has 2 heteroatoms. The molecule has 0 saturated carbocycles. The van der Waals surface area contributed by atoms with E-state index in [4.69, 9.17) is 0 Å². The van der Waals surface area contributed by atoms with Gasteiger partial charge in [0.05, 0.1) is 0 Å². The summed E-state index contributed by atoms with van der Waals surface area (Å²) in [5.41, 5.74) is 2.89. The van der Waals surface area contributed by atoms with Gasteiger partial charge in [-0.3, -0.25) is 0 Å². The molecule has 1 aromatic rings. The fraction of sp³-hybridized carbons (Fsp3) is 0.538. The number of rotatable bonds is 3. The van der Waals surface area contributed by atoms with Gasteiger partial charge in [-0.25, -0.2) is 0 Å². The summed E-state index contributed by atoms with van der Waals surface area (Å²) in [7, 11) is 0. The van der Waals surface area contributed by atoms with E-state index in [1.807, 2.05) is 11.8 Å². The van der Waals surface area contributed by atoms with Crippen LogP contribution in [0.3, 0.4) is 0 Å². The highest BCUT2D eigenvalue weighted by atomic mass is 32.2. The third kappa shape index (κ3) is 2.56. The van der Waals surface area contributed by atoms with Gasteiger partial charge in [-0.2, -0.15) is 0 Å². The molecule has 1 aliphatic rings. The predicted octanol–water partition coefficient (Wildman–Crippen LogP) is 3.53. The first kappa shape index (κ1) is 11.0. The first-order valence-corrected chi connectivity index (χ1v) is 6.76. The molecule has 1 aromatic carbocycles. The van der Waals surface area contributed by atoms with E-state index in [0.29, 0.717) is 6.04 Å². The molecular weight excluding hydrogens is 202 g/mol. The molecule has 1 atom stereocenters. The summed E-state index contributed by atoms with van der Waals surface area (Å²) in [4.78, 5) is 1.47. The largest absolute Gasteiger partial charge is 0.310 e. The second-order valence-corrected chi connectivity index (χ2v) is 5.32. The zero-order valence-corrected chi connectivity index (χ0v) is 10.4. The Balaban J connectivity index is 2.20. The minimum absolute atomic E-state index is 0.584. The highest BCUT2D eigenvalue weighted by molar-refractivity contribution is 7.99. The van der Waals surface area contributed by atoms with Crippen LogP contribution in [0, 0.1) is 6.92 Å². The fourth-order valence-electron chi connectivity index (χ4n) is 2.04. The molecule has 1 unspecified atom stereocenters. The van der Waals surface area contributed by atoms with Crippen LogP contribution in [0.5, 0.6) is 0 Å². The van der Waals surface area contributed by atoms with Crippen molar-refractivity contribution >= 4 is 11.8 Å². The molecule has 15 heavy (non-hydrogen) atoms. The molecule has 0 aliphatic carbocycles. The minimum Gasteiger partial charge on any atom is -0.310 e. The van der Waals surface area contributed by atoms with Gasteiger partial charge in [0.25, 0.3) is 0 Å². The second-order valence-electron chi connectivity index (χ2n) is 4.19. The molecule has 0 aromatic heterocycles. The third-order valence-electron chi connectivity index (χ3n) is 2.85. The van der Waals surface area contributed by atoms with Gasteiger partial charge in [0, 0.05) is 10.9 Å². The van der Waals surface area contributed by atoms with Crippen molar-refractivity contribution < 1.29 is 0 Å². The number of nitrogens with one attached hydrogen (secondary N) is 1. The molecular formula is C13H19NS. The maximum Gasteiger partial charge on any atom is 0.0339 e. The summed E-state index contributed by atoms with van der Waals surface area (Å²) < 4.78 is 0. The maximum atomic E-state index is 3.64. The lowest BCUT2D eigenvalue weighted by Gasteiger charge is -2.26. The number of aryl methyl sites for hydroxylation is 1. The van der Waals surface area contributed by atoms with Crippen LogP contribution in [0.15, 0.2) is 23.1 Å². The Labute approximate surface area is 96.7 Å². The van der Waals surface area contributed by atoms with Gasteiger partial charge in [0.2, 0.25) is 0 Å². The summed E-state index contributed by atoms with van der Waals surface area (Å²) in [5.74, 6) is 1.25. The van der Waals surface area contributed by atoms with Gasteiger partial charge >= 0.3 is 0 Å². The average molecular weight is 221 g/mol. The van der Waals surface area contributed by atoms with Crippen molar-refractivity contribution in [2.75, 3.05) is 12.3 Å². The van der Waals surface area contributed by atoms with Crippen molar-refractivity contribution in [3.8, 4) is 0 Å². The number of hydrogen-bond donors (Lipinski definition) is 1. The average Bonchev–Trinajstić information content (AvgIpc) is 2.26. The van der Waals surface area contributed by atoms with Gasteiger partial charge in [0.1, 0.15) is 0 Å². The standard InChI is InChI=1S/C13H19NS/c1-3-7-14-12-6-8-15-13-5-4-10(2)9-11(12)13/h4-5,9,12,14H,3,6-8H2,1-2H3. The summed E-state index contributed by atoms with van der Waals surface area (Å²) in [6.07, 6.45) is 2.48. The molecule has 1 heterocycles. The summed E-state index contributed by atoms with van der Waals surface area (Å²) in [6, 6.07) is 7.42. The molecule has 0 saturated heterocycles. The molecule has 0 spiro atoms. The van der Waals surface area contributed by atoms with Crippen LogP contribution in [0.1, 0.15) is 36.9 Å². The van der Waals surface area contributed by atoms with Crippen molar-refractivity contribution in [3.05, 3.63) is 29.3 Å². The highest BCUT2D eigenvalue weighted by Gasteiger charge is 2.19. The lowest BCUT2D eigenvalue weighted by molar-refractivity contribution is 0.509. The highest BCUT2D eigenvalue weighted by Crippen LogP contribution is 2.36. The Bertz CT molecular complexity index is 335. The molecule has 0 fully saturated rings. The van der Waals surface area contributed by atoms with Gasteiger partial charge in [-0.1, -0.05) is 24.6 Å². The Morgan fingerprint density at radius 1 is 1.47 bits per heavy atom. The summed E-state index contributed by atoms with van der Waals surface area (Å²) >= 11 is 1.99. The van der Waals surface area contributed by atoms with Crippen LogP contribution in [0.2, 0.25) is 0 Å². The van der Waals surface area contributed by atoms with E-state index in [9.17, 15) is 0 Å². The van der Waals surface area contributed by atoms with Crippen molar-refractivity contribution in [2.45, 2.75) is 37.6 Å². The Kier molecular flexibility index (Phi) is 3.71. The second kappa shape index (κ2) is 5.04. The lowest BCUT2D eigenvalue weighted by Crippen LogP contribution is -2.25. The van der Waals surface area contributed by atoms with Crippen molar-refractivity contribution in [1.29, 1.82) is 0 Å². The van der Waals surface area contributed by atoms with E-state index in [0.717, 1.165) is 6.54 Å². The van der Waals surface area contributed by atoms with Crippen LogP contribution in [0.25, 0.3) is 0 Å². The SMILES string of the molecule is CCCNC1CCSc2ccc(C)cc21. The smallest absolute Gasteiger partial charge is 0.0339 e. The summed E-state index contributed by atoms with van der Waals surface area (Å²) in [5, 5.41) is 3.64. The number of benzene rings is 1. The number of thioether (sulfide) groups is 1. The molecule has 1 aliphatic heterocycles. The van der Waals surface area contributed by atoms with Crippen molar-refractivity contribution in [2.24, 2.45) is 0 Å².